The predicted octanol–water partition coefficient (Wildman–Crippen LogP) is 1.44. The van der Waals surface area contributed by atoms with Crippen molar-refractivity contribution in [1.29, 1.82) is 0 Å². The van der Waals surface area contributed by atoms with Crippen LogP contribution in [0.3, 0.4) is 0 Å². The van der Waals surface area contributed by atoms with E-state index in [-0.39, 0.29) is 11.8 Å². The Morgan fingerprint density at radius 1 is 1.08 bits per heavy atom. The van der Waals surface area contributed by atoms with E-state index in [1.807, 2.05) is 23.6 Å². The van der Waals surface area contributed by atoms with Gasteiger partial charge in [-0.3, -0.25) is 9.59 Å². The third-order valence-electron chi connectivity index (χ3n) is 5.55. The summed E-state index contributed by atoms with van der Waals surface area (Å²) in [5.74, 6) is 0.825. The molecule has 2 aliphatic rings. The summed E-state index contributed by atoms with van der Waals surface area (Å²) < 4.78 is 0. The Labute approximate surface area is 149 Å². The van der Waals surface area contributed by atoms with Crippen molar-refractivity contribution in [3.05, 3.63) is 16.1 Å². The van der Waals surface area contributed by atoms with E-state index < -0.39 is 0 Å². The number of nitrogens with two attached hydrogens (primary N) is 1. The van der Waals surface area contributed by atoms with Crippen molar-refractivity contribution in [2.75, 3.05) is 31.9 Å². The van der Waals surface area contributed by atoms with Crippen LogP contribution in [0.4, 0.5) is 5.69 Å². The van der Waals surface area contributed by atoms with Crippen molar-refractivity contribution in [2.45, 2.75) is 20.8 Å². The van der Waals surface area contributed by atoms with E-state index in [1.165, 1.54) is 11.3 Å². The monoisotopic (exact) mass is 359 g/mol. The second-order valence-corrected chi connectivity index (χ2v) is 8.09. The van der Waals surface area contributed by atoms with Crippen molar-refractivity contribution >= 4 is 39.1 Å². The van der Waals surface area contributed by atoms with Gasteiger partial charge < -0.3 is 15.5 Å². The normalized spacial score (nSPS) is 22.7. The molecule has 8 heteroatoms. The molecule has 4 heterocycles. The zero-order valence-electron chi connectivity index (χ0n) is 14.6. The van der Waals surface area contributed by atoms with Gasteiger partial charge in [0.1, 0.15) is 9.71 Å². The molecule has 0 aliphatic carbocycles. The summed E-state index contributed by atoms with van der Waals surface area (Å²) in [6, 6.07) is 0. The van der Waals surface area contributed by atoms with Gasteiger partial charge in [-0.1, -0.05) is 0 Å². The van der Waals surface area contributed by atoms with Gasteiger partial charge in [-0.15, -0.1) is 16.4 Å². The number of anilines is 1. The van der Waals surface area contributed by atoms with Crippen LogP contribution in [0.25, 0.3) is 10.2 Å². The van der Waals surface area contributed by atoms with Crippen LogP contribution in [-0.2, 0) is 4.79 Å². The number of amides is 2. The maximum absolute atomic E-state index is 13.0. The molecule has 132 valence electrons. The number of rotatable bonds is 1. The van der Waals surface area contributed by atoms with Crippen LogP contribution in [0.2, 0.25) is 0 Å². The first-order valence-electron chi connectivity index (χ1n) is 8.43. The van der Waals surface area contributed by atoms with Gasteiger partial charge in [-0.25, -0.2) is 0 Å². The van der Waals surface area contributed by atoms with Crippen molar-refractivity contribution < 1.29 is 9.59 Å². The van der Waals surface area contributed by atoms with Gasteiger partial charge in [0.05, 0.1) is 11.4 Å². The number of aromatic nitrogens is 2. The highest BCUT2D eigenvalue weighted by atomic mass is 32.1. The van der Waals surface area contributed by atoms with Gasteiger partial charge in [0.15, 0.2) is 0 Å². The zero-order valence-corrected chi connectivity index (χ0v) is 15.4. The molecule has 0 radical (unpaired) electrons. The van der Waals surface area contributed by atoms with Gasteiger partial charge in [0, 0.05) is 50.3 Å². The van der Waals surface area contributed by atoms with Gasteiger partial charge in [0.2, 0.25) is 5.91 Å². The number of hydrogen-bond donors (Lipinski definition) is 1. The van der Waals surface area contributed by atoms with Crippen molar-refractivity contribution in [3.63, 3.8) is 0 Å². The Kier molecular flexibility index (Phi) is 3.68. The lowest BCUT2D eigenvalue weighted by atomic mass is 10.0. The molecule has 2 saturated heterocycles. The average molecular weight is 359 g/mol. The van der Waals surface area contributed by atoms with E-state index in [0.29, 0.717) is 40.3 Å². The average Bonchev–Trinajstić information content (AvgIpc) is 3.21. The quantitative estimate of drug-likeness (QED) is 0.832. The Hall–Kier alpha value is -2.22. The molecule has 2 atom stereocenters. The lowest BCUT2D eigenvalue weighted by Crippen LogP contribution is -2.34. The second-order valence-electron chi connectivity index (χ2n) is 7.09. The number of hydrogen-bond acceptors (Lipinski definition) is 6. The van der Waals surface area contributed by atoms with Crippen LogP contribution < -0.4 is 5.73 Å². The molecular formula is C17H21N5O2S. The summed E-state index contributed by atoms with van der Waals surface area (Å²) in [4.78, 5) is 29.6. The van der Waals surface area contributed by atoms with E-state index in [9.17, 15) is 9.59 Å². The Bertz CT molecular complexity index is 879. The molecule has 2 aromatic heterocycles. The van der Waals surface area contributed by atoms with Crippen molar-refractivity contribution in [2.24, 2.45) is 11.8 Å². The molecule has 4 rings (SSSR count). The van der Waals surface area contributed by atoms with E-state index in [2.05, 4.69) is 10.2 Å². The molecule has 2 amide bonds. The van der Waals surface area contributed by atoms with E-state index in [0.717, 1.165) is 29.7 Å². The SMILES string of the molecule is CC(=O)N1CC2CN(C(=O)c3sc4nnc(C)c(C)c4c3N)CC2C1. The number of nitrogen functional groups attached to an aromatic ring is 1. The lowest BCUT2D eigenvalue weighted by Gasteiger charge is -2.20. The summed E-state index contributed by atoms with van der Waals surface area (Å²) in [7, 11) is 0. The second kappa shape index (κ2) is 5.66. The fourth-order valence-corrected chi connectivity index (χ4v) is 5.03. The molecule has 2 N–H and O–H groups in total. The first-order valence-corrected chi connectivity index (χ1v) is 9.25. The van der Waals surface area contributed by atoms with Crippen LogP contribution in [-0.4, -0.2) is 58.0 Å². The van der Waals surface area contributed by atoms with Crippen molar-refractivity contribution in [1.82, 2.24) is 20.0 Å². The largest absolute Gasteiger partial charge is 0.397 e. The summed E-state index contributed by atoms with van der Waals surface area (Å²) in [5, 5.41) is 9.17. The number of aryl methyl sites for hydroxylation is 2. The number of likely N-dealkylation sites (tertiary alicyclic amines) is 2. The highest BCUT2D eigenvalue weighted by molar-refractivity contribution is 7.21. The molecule has 2 fully saturated rings. The minimum Gasteiger partial charge on any atom is -0.397 e. The maximum atomic E-state index is 13.0. The number of fused-ring (bicyclic) bond motifs is 2. The van der Waals surface area contributed by atoms with Gasteiger partial charge in [-0.2, -0.15) is 5.10 Å². The molecule has 2 aliphatic heterocycles. The molecular weight excluding hydrogens is 338 g/mol. The zero-order chi connectivity index (χ0) is 17.9. The third kappa shape index (κ3) is 2.47. The van der Waals surface area contributed by atoms with Crippen LogP contribution in [0.1, 0.15) is 27.9 Å². The first kappa shape index (κ1) is 16.3. The Morgan fingerprint density at radius 3 is 2.28 bits per heavy atom. The molecule has 0 bridgehead atoms. The Balaban J connectivity index is 1.59. The standard InChI is InChI=1S/C17H21N5O2S/c1-8-9(2)19-20-16-13(8)14(18)15(25-16)17(24)22-6-11-4-21(10(3)23)5-12(11)7-22/h11-12H,4-7,18H2,1-3H3. The predicted molar refractivity (Wildman–Crippen MR) is 96.4 cm³/mol. The smallest absolute Gasteiger partial charge is 0.266 e. The van der Waals surface area contributed by atoms with Gasteiger partial charge in [0.25, 0.3) is 5.91 Å². The number of carbonyl (C=O) groups is 2. The number of nitrogens with zero attached hydrogens (tertiary/aromatic N) is 4. The third-order valence-corrected chi connectivity index (χ3v) is 6.63. The minimum absolute atomic E-state index is 0.0265. The highest BCUT2D eigenvalue weighted by Crippen LogP contribution is 2.38. The van der Waals surface area contributed by atoms with Crippen molar-refractivity contribution in [3.8, 4) is 0 Å². The summed E-state index contributed by atoms with van der Waals surface area (Å²) in [5.41, 5.74) is 8.62. The van der Waals surface area contributed by atoms with E-state index in [1.54, 1.807) is 6.92 Å². The van der Waals surface area contributed by atoms with E-state index in [4.69, 9.17) is 5.73 Å². The summed E-state index contributed by atoms with van der Waals surface area (Å²) in [6.07, 6.45) is 0. The van der Waals surface area contributed by atoms with Crippen LogP contribution in [0.5, 0.6) is 0 Å². The van der Waals surface area contributed by atoms with Gasteiger partial charge >= 0.3 is 0 Å². The molecule has 0 saturated carbocycles. The minimum atomic E-state index is -0.0265. The van der Waals surface area contributed by atoms with Crippen LogP contribution >= 0.6 is 11.3 Å². The number of carbonyl (C=O) groups excluding carboxylic acids is 2. The summed E-state index contributed by atoms with van der Waals surface area (Å²) in [6.45, 7) is 8.32. The molecule has 2 aromatic rings. The first-order chi connectivity index (χ1) is 11.9. The fourth-order valence-electron chi connectivity index (χ4n) is 3.96. The highest BCUT2D eigenvalue weighted by Gasteiger charge is 2.43. The molecule has 0 aromatic carbocycles. The maximum Gasteiger partial charge on any atom is 0.266 e. The lowest BCUT2D eigenvalue weighted by molar-refractivity contribution is -0.128. The fraction of sp³-hybridized carbons (Fsp3) is 0.529. The summed E-state index contributed by atoms with van der Waals surface area (Å²) >= 11 is 1.32. The molecule has 0 spiro atoms. The van der Waals surface area contributed by atoms with E-state index >= 15 is 0 Å². The molecule has 25 heavy (non-hydrogen) atoms. The topological polar surface area (TPSA) is 92.4 Å². The Morgan fingerprint density at radius 2 is 1.68 bits per heavy atom. The van der Waals surface area contributed by atoms with Crippen LogP contribution in [0, 0.1) is 25.7 Å². The molecule has 2 unspecified atom stereocenters. The van der Waals surface area contributed by atoms with Crippen LogP contribution in [0.15, 0.2) is 0 Å². The number of thiophene rings is 1. The van der Waals surface area contributed by atoms with Gasteiger partial charge in [-0.05, 0) is 19.4 Å². The molecule has 7 nitrogen and oxygen atoms in total.